The Balaban J connectivity index is 2.54. The Labute approximate surface area is 137 Å². The smallest absolute Gasteiger partial charge is 0.312 e. The van der Waals surface area contributed by atoms with E-state index in [2.05, 4.69) is 15.9 Å². The third-order valence-electron chi connectivity index (χ3n) is 2.60. The first kappa shape index (κ1) is 16.0. The number of nitro groups is 1. The van der Waals surface area contributed by atoms with E-state index in [1.54, 1.807) is 18.2 Å². The van der Waals surface area contributed by atoms with E-state index >= 15 is 0 Å². The molecule has 0 N–H and O–H groups in total. The molecule has 0 heterocycles. The Morgan fingerprint density at radius 1 is 1.38 bits per heavy atom. The fourth-order valence-electron chi connectivity index (χ4n) is 1.63. The lowest BCUT2D eigenvalue weighted by molar-refractivity contribution is -0.385. The second kappa shape index (κ2) is 6.60. The molecule has 0 aliphatic rings. The van der Waals surface area contributed by atoms with Crippen LogP contribution in [-0.2, 0) is 5.88 Å². The normalized spacial score (nSPS) is 10.5. The summed E-state index contributed by atoms with van der Waals surface area (Å²) in [6.07, 6.45) is 0. The minimum absolute atomic E-state index is 0.0294. The number of benzene rings is 2. The summed E-state index contributed by atoms with van der Waals surface area (Å²) in [6.45, 7) is 0. The summed E-state index contributed by atoms with van der Waals surface area (Å²) in [7, 11) is 0. The Bertz CT molecular complexity index is 712. The molecule has 110 valence electrons. The zero-order chi connectivity index (χ0) is 15.6. The number of halogens is 4. The van der Waals surface area contributed by atoms with Gasteiger partial charge in [-0.2, -0.15) is 0 Å². The van der Waals surface area contributed by atoms with Crippen LogP contribution < -0.4 is 4.74 Å². The minimum Gasteiger partial charge on any atom is -0.448 e. The molecular formula is C13H7BrCl2FNO3. The number of hydrogen-bond donors (Lipinski definition) is 0. The molecule has 2 aromatic carbocycles. The highest BCUT2D eigenvalue weighted by Gasteiger charge is 2.21. The van der Waals surface area contributed by atoms with Crippen molar-refractivity contribution in [3.05, 3.63) is 61.3 Å². The molecule has 0 amide bonds. The van der Waals surface area contributed by atoms with Crippen LogP contribution in [0.15, 0.2) is 34.8 Å². The van der Waals surface area contributed by atoms with Crippen molar-refractivity contribution in [2.75, 3.05) is 0 Å². The maximum absolute atomic E-state index is 13.6. The van der Waals surface area contributed by atoms with Gasteiger partial charge in [-0.15, -0.1) is 11.6 Å². The van der Waals surface area contributed by atoms with Crippen LogP contribution in [0, 0.1) is 15.9 Å². The van der Waals surface area contributed by atoms with Crippen molar-refractivity contribution in [1.82, 2.24) is 0 Å². The lowest BCUT2D eigenvalue weighted by Crippen LogP contribution is -1.97. The summed E-state index contributed by atoms with van der Waals surface area (Å²) in [5, 5.41) is 11.3. The predicted molar refractivity (Wildman–Crippen MR) is 81.8 cm³/mol. The molecule has 2 rings (SSSR count). The van der Waals surface area contributed by atoms with Crippen molar-refractivity contribution >= 4 is 44.8 Å². The average molecular weight is 395 g/mol. The van der Waals surface area contributed by atoms with E-state index in [-0.39, 0.29) is 32.6 Å². The van der Waals surface area contributed by atoms with Crippen molar-refractivity contribution in [2.45, 2.75) is 5.88 Å². The Hall–Kier alpha value is -1.37. The van der Waals surface area contributed by atoms with Gasteiger partial charge in [-0.05, 0) is 22.0 Å². The van der Waals surface area contributed by atoms with Crippen molar-refractivity contribution in [2.24, 2.45) is 0 Å². The van der Waals surface area contributed by atoms with Gasteiger partial charge in [0.05, 0.1) is 20.3 Å². The third-order valence-corrected chi connectivity index (χ3v) is 3.80. The molecule has 0 unspecified atom stereocenters. The Kier molecular flexibility index (Phi) is 5.03. The number of nitrogens with zero attached hydrogens (tertiary/aromatic N) is 1. The van der Waals surface area contributed by atoms with Crippen LogP contribution in [0.25, 0.3) is 0 Å². The van der Waals surface area contributed by atoms with Crippen LogP contribution in [0.2, 0.25) is 5.02 Å². The molecule has 4 nitrogen and oxygen atoms in total. The van der Waals surface area contributed by atoms with Gasteiger partial charge in [-0.1, -0.05) is 23.7 Å². The van der Waals surface area contributed by atoms with Crippen LogP contribution in [0.3, 0.4) is 0 Å². The average Bonchev–Trinajstić information content (AvgIpc) is 2.44. The largest absolute Gasteiger partial charge is 0.448 e. The van der Waals surface area contributed by atoms with E-state index in [0.717, 1.165) is 12.1 Å². The highest BCUT2D eigenvalue weighted by Crippen LogP contribution is 2.39. The summed E-state index contributed by atoms with van der Waals surface area (Å²) in [4.78, 5) is 10.4. The number of hydrogen-bond acceptors (Lipinski definition) is 3. The maximum Gasteiger partial charge on any atom is 0.312 e. The van der Waals surface area contributed by atoms with Gasteiger partial charge >= 0.3 is 5.69 Å². The van der Waals surface area contributed by atoms with Crippen LogP contribution in [0.4, 0.5) is 10.1 Å². The van der Waals surface area contributed by atoms with Crippen molar-refractivity contribution < 1.29 is 14.1 Å². The molecule has 0 bridgehead atoms. The topological polar surface area (TPSA) is 52.4 Å². The number of nitro benzene ring substituents is 1. The molecular weight excluding hydrogens is 388 g/mol. The minimum atomic E-state index is -0.685. The highest BCUT2D eigenvalue weighted by atomic mass is 79.9. The highest BCUT2D eigenvalue weighted by molar-refractivity contribution is 9.10. The van der Waals surface area contributed by atoms with E-state index in [4.69, 9.17) is 27.9 Å². The second-order valence-corrected chi connectivity index (χ2v) is 5.48. The standard InChI is InChI=1S/C13H7BrCl2FNO3/c14-8-4-11(18(19)20)12(5-10(8)17)21-13-7(6-15)2-1-3-9(13)16/h1-5H,6H2. The third kappa shape index (κ3) is 3.45. The molecule has 0 aromatic heterocycles. The summed E-state index contributed by atoms with van der Waals surface area (Å²) < 4.78 is 19.0. The van der Waals surface area contributed by atoms with E-state index in [1.807, 2.05) is 0 Å². The van der Waals surface area contributed by atoms with E-state index in [1.165, 1.54) is 0 Å². The van der Waals surface area contributed by atoms with Crippen LogP contribution in [0.5, 0.6) is 11.5 Å². The van der Waals surface area contributed by atoms with E-state index in [9.17, 15) is 14.5 Å². The molecule has 21 heavy (non-hydrogen) atoms. The van der Waals surface area contributed by atoms with Gasteiger partial charge in [0.1, 0.15) is 5.82 Å². The van der Waals surface area contributed by atoms with Crippen molar-refractivity contribution in [3.63, 3.8) is 0 Å². The fourth-order valence-corrected chi connectivity index (χ4v) is 2.40. The number of ether oxygens (including phenoxy) is 1. The first-order valence-corrected chi connectivity index (χ1v) is 7.29. The summed E-state index contributed by atoms with van der Waals surface area (Å²) in [5.74, 6) is -0.669. The van der Waals surface area contributed by atoms with Gasteiger partial charge in [0, 0.05) is 17.7 Å². The quantitative estimate of drug-likeness (QED) is 0.380. The van der Waals surface area contributed by atoms with Crippen molar-refractivity contribution in [1.29, 1.82) is 0 Å². The molecule has 8 heteroatoms. The van der Waals surface area contributed by atoms with Gasteiger partial charge in [-0.3, -0.25) is 10.1 Å². The molecule has 0 aliphatic heterocycles. The first-order chi connectivity index (χ1) is 9.93. The van der Waals surface area contributed by atoms with Gasteiger partial charge in [0.2, 0.25) is 5.75 Å². The molecule has 2 aromatic rings. The first-order valence-electron chi connectivity index (χ1n) is 5.58. The molecule has 0 atom stereocenters. The molecule has 0 saturated carbocycles. The summed E-state index contributed by atoms with van der Waals surface area (Å²) >= 11 is 14.7. The number of alkyl halides is 1. The van der Waals surface area contributed by atoms with E-state index in [0.29, 0.717) is 5.56 Å². The molecule has 0 fully saturated rings. The van der Waals surface area contributed by atoms with Crippen LogP contribution in [-0.4, -0.2) is 4.92 Å². The van der Waals surface area contributed by atoms with Crippen molar-refractivity contribution in [3.8, 4) is 11.5 Å². The summed E-state index contributed by atoms with van der Waals surface area (Å²) in [6, 6.07) is 6.83. The molecule has 0 aliphatic carbocycles. The molecule has 0 spiro atoms. The fraction of sp³-hybridized carbons (Fsp3) is 0.0769. The Morgan fingerprint density at radius 2 is 2.10 bits per heavy atom. The molecule has 0 saturated heterocycles. The number of para-hydroxylation sites is 1. The van der Waals surface area contributed by atoms with Gasteiger partial charge in [-0.25, -0.2) is 4.39 Å². The summed E-state index contributed by atoms with van der Waals surface area (Å²) in [5.41, 5.74) is 0.158. The zero-order valence-electron chi connectivity index (χ0n) is 10.3. The van der Waals surface area contributed by atoms with Gasteiger partial charge < -0.3 is 4.74 Å². The monoisotopic (exact) mass is 393 g/mol. The lowest BCUT2D eigenvalue weighted by Gasteiger charge is -2.12. The lowest BCUT2D eigenvalue weighted by atomic mass is 10.2. The zero-order valence-corrected chi connectivity index (χ0v) is 13.4. The molecule has 0 radical (unpaired) electrons. The SMILES string of the molecule is O=[N+]([O-])c1cc(Br)c(F)cc1Oc1c(Cl)cccc1CCl. The second-order valence-electron chi connectivity index (χ2n) is 3.95. The maximum atomic E-state index is 13.6. The van der Waals surface area contributed by atoms with Crippen LogP contribution in [0.1, 0.15) is 5.56 Å². The van der Waals surface area contributed by atoms with Gasteiger partial charge in [0.25, 0.3) is 0 Å². The number of rotatable bonds is 4. The van der Waals surface area contributed by atoms with Crippen LogP contribution >= 0.6 is 39.1 Å². The van der Waals surface area contributed by atoms with Gasteiger partial charge in [0.15, 0.2) is 5.75 Å². The predicted octanol–water partition coefficient (Wildman–Crippen LogP) is 5.68. The Morgan fingerprint density at radius 3 is 2.71 bits per heavy atom. The van der Waals surface area contributed by atoms with E-state index < -0.39 is 10.7 Å².